The second-order valence-corrected chi connectivity index (χ2v) is 7.02. The van der Waals surface area contributed by atoms with Crippen LogP contribution in [0.15, 0.2) is 53.5 Å². The minimum Gasteiger partial charge on any atom is -0.357 e. The van der Waals surface area contributed by atoms with Gasteiger partial charge in [-0.05, 0) is 50.5 Å². The van der Waals surface area contributed by atoms with Crippen LogP contribution in [0.25, 0.3) is 0 Å². The van der Waals surface area contributed by atoms with E-state index in [9.17, 15) is 4.79 Å². The number of amides is 1. The monoisotopic (exact) mass is 380 g/mol. The molecule has 0 aliphatic carbocycles. The Balaban J connectivity index is 2.00. The normalized spacial score (nSPS) is 12.4. The van der Waals surface area contributed by atoms with Crippen molar-refractivity contribution in [3.63, 3.8) is 0 Å². The summed E-state index contributed by atoms with van der Waals surface area (Å²) in [5.41, 5.74) is 4.14. The van der Waals surface area contributed by atoms with Crippen molar-refractivity contribution < 1.29 is 4.79 Å². The zero-order valence-corrected chi connectivity index (χ0v) is 17.4. The van der Waals surface area contributed by atoms with Gasteiger partial charge in [-0.1, -0.05) is 48.9 Å². The molecule has 3 N–H and O–H groups in total. The number of nitrogens with one attached hydrogen (secondary N) is 3. The van der Waals surface area contributed by atoms with Gasteiger partial charge in [-0.3, -0.25) is 4.79 Å². The summed E-state index contributed by atoms with van der Waals surface area (Å²) >= 11 is 0. The Morgan fingerprint density at radius 1 is 1.04 bits per heavy atom. The zero-order chi connectivity index (χ0) is 20.4. The summed E-state index contributed by atoms with van der Waals surface area (Å²) < 4.78 is 0. The van der Waals surface area contributed by atoms with E-state index in [4.69, 9.17) is 0 Å². The molecular weight excluding hydrogens is 348 g/mol. The van der Waals surface area contributed by atoms with Gasteiger partial charge in [0.05, 0.1) is 6.54 Å². The van der Waals surface area contributed by atoms with Crippen LogP contribution >= 0.6 is 0 Å². The quantitative estimate of drug-likeness (QED) is 0.482. The SMILES string of the molecule is CCNC(=NCc1cccc(C)c1)NCc1cccc(C(=O)NC(C)CC)c1. The Bertz CT molecular complexity index is 801. The van der Waals surface area contributed by atoms with Gasteiger partial charge in [-0.25, -0.2) is 4.99 Å². The van der Waals surface area contributed by atoms with Crippen LogP contribution < -0.4 is 16.0 Å². The topological polar surface area (TPSA) is 65.5 Å². The van der Waals surface area contributed by atoms with Crippen LogP contribution in [0.3, 0.4) is 0 Å². The molecule has 0 aliphatic heterocycles. The van der Waals surface area contributed by atoms with Crippen molar-refractivity contribution in [2.75, 3.05) is 6.54 Å². The maximum absolute atomic E-state index is 12.3. The Morgan fingerprint density at radius 3 is 2.50 bits per heavy atom. The molecular formula is C23H32N4O. The lowest BCUT2D eigenvalue weighted by atomic mass is 10.1. The summed E-state index contributed by atoms with van der Waals surface area (Å²) in [5.74, 6) is 0.731. The molecule has 0 fully saturated rings. The lowest BCUT2D eigenvalue weighted by molar-refractivity contribution is 0.0939. The largest absolute Gasteiger partial charge is 0.357 e. The van der Waals surface area contributed by atoms with Gasteiger partial charge in [-0.2, -0.15) is 0 Å². The molecule has 2 rings (SSSR count). The fourth-order valence-corrected chi connectivity index (χ4v) is 2.74. The third-order valence-electron chi connectivity index (χ3n) is 4.49. The van der Waals surface area contributed by atoms with E-state index in [0.29, 0.717) is 18.7 Å². The van der Waals surface area contributed by atoms with Crippen molar-refractivity contribution >= 4 is 11.9 Å². The molecule has 1 amide bonds. The maximum Gasteiger partial charge on any atom is 0.251 e. The second kappa shape index (κ2) is 11.1. The summed E-state index contributed by atoms with van der Waals surface area (Å²) in [6.45, 7) is 10.2. The summed E-state index contributed by atoms with van der Waals surface area (Å²) in [6, 6.07) is 16.2. The van der Waals surface area contributed by atoms with E-state index in [1.807, 2.05) is 38.1 Å². The van der Waals surface area contributed by atoms with E-state index in [0.717, 1.165) is 24.5 Å². The maximum atomic E-state index is 12.3. The highest BCUT2D eigenvalue weighted by atomic mass is 16.1. The number of guanidine groups is 1. The van der Waals surface area contributed by atoms with Crippen LogP contribution in [0.4, 0.5) is 0 Å². The van der Waals surface area contributed by atoms with Crippen LogP contribution in [-0.4, -0.2) is 24.5 Å². The summed E-state index contributed by atoms with van der Waals surface area (Å²) in [4.78, 5) is 17.0. The van der Waals surface area contributed by atoms with Gasteiger partial charge in [0.2, 0.25) is 0 Å². The van der Waals surface area contributed by atoms with Crippen molar-refractivity contribution in [3.8, 4) is 0 Å². The minimum atomic E-state index is -0.0313. The van der Waals surface area contributed by atoms with Crippen molar-refractivity contribution in [1.29, 1.82) is 0 Å². The van der Waals surface area contributed by atoms with Crippen LogP contribution in [0.2, 0.25) is 0 Å². The molecule has 28 heavy (non-hydrogen) atoms. The highest BCUT2D eigenvalue weighted by Gasteiger charge is 2.09. The van der Waals surface area contributed by atoms with E-state index >= 15 is 0 Å². The Morgan fingerprint density at radius 2 is 1.79 bits per heavy atom. The van der Waals surface area contributed by atoms with E-state index in [1.54, 1.807) is 0 Å². The first-order chi connectivity index (χ1) is 13.5. The molecule has 2 aromatic rings. The number of rotatable bonds is 8. The van der Waals surface area contributed by atoms with E-state index in [2.05, 4.69) is 59.1 Å². The minimum absolute atomic E-state index is 0.0313. The van der Waals surface area contributed by atoms with Gasteiger partial charge >= 0.3 is 0 Å². The van der Waals surface area contributed by atoms with Gasteiger partial charge in [0.15, 0.2) is 5.96 Å². The van der Waals surface area contributed by atoms with Crippen molar-refractivity contribution in [3.05, 3.63) is 70.8 Å². The van der Waals surface area contributed by atoms with Crippen LogP contribution in [0, 0.1) is 6.92 Å². The van der Waals surface area contributed by atoms with Gasteiger partial charge in [0, 0.05) is 24.7 Å². The Labute approximate surface area is 168 Å². The number of benzene rings is 2. The lowest BCUT2D eigenvalue weighted by Crippen LogP contribution is -2.37. The molecule has 0 radical (unpaired) electrons. The van der Waals surface area contributed by atoms with Crippen molar-refractivity contribution in [2.45, 2.75) is 53.2 Å². The predicted molar refractivity (Wildman–Crippen MR) is 116 cm³/mol. The molecule has 0 bridgehead atoms. The molecule has 0 spiro atoms. The molecule has 1 unspecified atom stereocenters. The molecule has 0 saturated carbocycles. The van der Waals surface area contributed by atoms with E-state index in [1.165, 1.54) is 11.1 Å². The van der Waals surface area contributed by atoms with Gasteiger partial charge in [0.1, 0.15) is 0 Å². The first-order valence-electron chi connectivity index (χ1n) is 9.99. The Hall–Kier alpha value is -2.82. The smallest absolute Gasteiger partial charge is 0.251 e. The predicted octanol–water partition coefficient (Wildman–Crippen LogP) is 3.78. The standard InChI is InChI=1S/C23H32N4O/c1-5-18(4)27-22(28)21-12-8-11-20(14-21)16-26-23(24-6-2)25-15-19-10-7-9-17(3)13-19/h7-14,18H,5-6,15-16H2,1-4H3,(H,27,28)(H2,24,25,26). The zero-order valence-electron chi connectivity index (χ0n) is 17.4. The number of carbonyl (C=O) groups excluding carboxylic acids is 1. The molecule has 150 valence electrons. The molecule has 0 saturated heterocycles. The van der Waals surface area contributed by atoms with Crippen molar-refractivity contribution in [1.82, 2.24) is 16.0 Å². The molecule has 0 aliphatic rings. The van der Waals surface area contributed by atoms with Crippen LogP contribution in [0.1, 0.15) is 54.2 Å². The second-order valence-electron chi connectivity index (χ2n) is 7.02. The van der Waals surface area contributed by atoms with E-state index in [-0.39, 0.29) is 11.9 Å². The molecule has 5 nitrogen and oxygen atoms in total. The molecule has 0 heterocycles. The van der Waals surface area contributed by atoms with Gasteiger partial charge < -0.3 is 16.0 Å². The number of aliphatic imine (C=N–C) groups is 1. The van der Waals surface area contributed by atoms with Crippen LogP contribution in [0.5, 0.6) is 0 Å². The summed E-state index contributed by atoms with van der Waals surface area (Å²) in [5, 5.41) is 9.62. The third-order valence-corrected chi connectivity index (χ3v) is 4.49. The van der Waals surface area contributed by atoms with Gasteiger partial charge in [-0.15, -0.1) is 0 Å². The lowest BCUT2D eigenvalue weighted by Gasteiger charge is -2.13. The number of aryl methyl sites for hydroxylation is 1. The van der Waals surface area contributed by atoms with E-state index < -0.39 is 0 Å². The highest BCUT2D eigenvalue weighted by Crippen LogP contribution is 2.07. The fraction of sp³-hybridized carbons (Fsp3) is 0.391. The first-order valence-corrected chi connectivity index (χ1v) is 9.99. The van der Waals surface area contributed by atoms with Gasteiger partial charge in [0.25, 0.3) is 5.91 Å². The summed E-state index contributed by atoms with van der Waals surface area (Å²) in [6.07, 6.45) is 0.913. The molecule has 0 aromatic heterocycles. The third kappa shape index (κ3) is 7.06. The fourth-order valence-electron chi connectivity index (χ4n) is 2.74. The van der Waals surface area contributed by atoms with Crippen LogP contribution in [-0.2, 0) is 13.1 Å². The molecule has 2 aromatic carbocycles. The molecule has 5 heteroatoms. The number of nitrogens with zero attached hydrogens (tertiary/aromatic N) is 1. The highest BCUT2D eigenvalue weighted by molar-refractivity contribution is 5.94. The molecule has 1 atom stereocenters. The number of carbonyl (C=O) groups is 1. The van der Waals surface area contributed by atoms with Crippen molar-refractivity contribution in [2.24, 2.45) is 4.99 Å². The average Bonchev–Trinajstić information content (AvgIpc) is 2.70. The number of hydrogen-bond acceptors (Lipinski definition) is 2. The first kappa shape index (κ1) is 21.5. The Kier molecular flexibility index (Phi) is 8.53. The average molecular weight is 381 g/mol. The number of hydrogen-bond donors (Lipinski definition) is 3. The summed E-state index contributed by atoms with van der Waals surface area (Å²) in [7, 11) is 0.